The molecule has 6 nitrogen and oxygen atoms in total. The summed E-state index contributed by atoms with van der Waals surface area (Å²) in [5.41, 5.74) is 0. The van der Waals surface area contributed by atoms with E-state index in [-0.39, 0.29) is 18.5 Å². The maximum absolute atomic E-state index is 12.5. The average molecular weight is 1000 g/mol. The van der Waals surface area contributed by atoms with E-state index in [9.17, 15) is 19.8 Å². The van der Waals surface area contributed by atoms with Gasteiger partial charge in [-0.15, -0.1) is 0 Å². The number of carbonyl (C=O) groups excluding carboxylic acids is 2. The van der Waals surface area contributed by atoms with E-state index >= 15 is 0 Å². The Bertz CT molecular complexity index is 1110. The number of unbranched alkanes of at least 4 members (excludes halogenated alkanes) is 47. The van der Waals surface area contributed by atoms with Gasteiger partial charge in [0.25, 0.3) is 0 Å². The topological polar surface area (TPSA) is 95.9 Å². The van der Waals surface area contributed by atoms with Crippen LogP contribution < -0.4 is 5.32 Å². The molecule has 71 heavy (non-hydrogen) atoms. The molecule has 0 aliphatic rings. The van der Waals surface area contributed by atoms with E-state index in [2.05, 4.69) is 31.3 Å². The van der Waals surface area contributed by atoms with Gasteiger partial charge in [-0.25, -0.2) is 0 Å². The van der Waals surface area contributed by atoms with Gasteiger partial charge in [-0.2, -0.15) is 0 Å². The molecule has 0 aliphatic carbocycles. The SMILES string of the molecule is CCCC/C=C\CCCCCCCC(=O)OCCCCCCCCCCCCCCCCCCCCCCC(=O)NC(CO)C(O)/C=C/CCCCCCCCCCCCCCCCCCCCCCC. The van der Waals surface area contributed by atoms with E-state index < -0.39 is 12.1 Å². The van der Waals surface area contributed by atoms with Gasteiger partial charge >= 0.3 is 5.97 Å². The number of allylic oxidation sites excluding steroid dienone is 3. The zero-order valence-electron chi connectivity index (χ0n) is 48.0. The van der Waals surface area contributed by atoms with Crippen LogP contribution in [0.1, 0.15) is 354 Å². The van der Waals surface area contributed by atoms with Crippen molar-refractivity contribution in [3.63, 3.8) is 0 Å². The zero-order chi connectivity index (χ0) is 51.4. The molecule has 0 aromatic rings. The highest BCUT2D eigenvalue weighted by Gasteiger charge is 2.18. The first-order chi connectivity index (χ1) is 35.0. The molecule has 2 unspecified atom stereocenters. The number of hydrogen-bond donors (Lipinski definition) is 3. The van der Waals surface area contributed by atoms with Gasteiger partial charge in [0.1, 0.15) is 0 Å². The Kier molecular flexibility index (Phi) is 59.5. The normalized spacial score (nSPS) is 12.7. The van der Waals surface area contributed by atoms with Crippen LogP contribution in [0.4, 0.5) is 0 Å². The number of carbonyl (C=O) groups is 2. The maximum Gasteiger partial charge on any atom is 0.305 e. The molecule has 0 spiro atoms. The largest absolute Gasteiger partial charge is 0.466 e. The Morgan fingerprint density at radius 2 is 0.676 bits per heavy atom. The number of ether oxygens (including phenoxy) is 1. The van der Waals surface area contributed by atoms with E-state index in [1.54, 1.807) is 6.08 Å². The van der Waals surface area contributed by atoms with Crippen LogP contribution in [0.15, 0.2) is 24.3 Å². The zero-order valence-corrected chi connectivity index (χ0v) is 48.0. The van der Waals surface area contributed by atoms with Gasteiger partial charge in [0.2, 0.25) is 5.91 Å². The summed E-state index contributed by atoms with van der Waals surface area (Å²) in [6, 6.07) is -0.630. The summed E-state index contributed by atoms with van der Waals surface area (Å²) in [6.45, 7) is 4.89. The second-order valence-electron chi connectivity index (χ2n) is 22.1. The van der Waals surface area contributed by atoms with Gasteiger partial charge in [-0.3, -0.25) is 9.59 Å². The van der Waals surface area contributed by atoms with Crippen LogP contribution >= 0.6 is 0 Å². The molecule has 6 heteroatoms. The summed E-state index contributed by atoms with van der Waals surface area (Å²) in [7, 11) is 0. The quantitative estimate of drug-likeness (QED) is 0.0320. The Morgan fingerprint density at radius 3 is 1.04 bits per heavy atom. The third kappa shape index (κ3) is 57.5. The Labute approximate surface area is 443 Å². The predicted octanol–water partition coefficient (Wildman–Crippen LogP) is 20.2. The molecule has 0 aliphatic heterocycles. The van der Waals surface area contributed by atoms with Crippen LogP contribution in [-0.4, -0.2) is 47.4 Å². The highest BCUT2D eigenvalue weighted by molar-refractivity contribution is 5.76. The minimum absolute atomic E-state index is 0.000632. The first-order valence-corrected chi connectivity index (χ1v) is 32.1. The fraction of sp³-hybridized carbons (Fsp3) is 0.908. The number of hydrogen-bond acceptors (Lipinski definition) is 5. The summed E-state index contributed by atoms with van der Waals surface area (Å²) in [4.78, 5) is 24.5. The highest BCUT2D eigenvalue weighted by atomic mass is 16.5. The van der Waals surface area contributed by atoms with Crippen molar-refractivity contribution < 1.29 is 24.5 Å². The number of esters is 1. The summed E-state index contributed by atoms with van der Waals surface area (Å²) in [5, 5.41) is 23.2. The van der Waals surface area contributed by atoms with E-state index in [1.165, 1.54) is 283 Å². The van der Waals surface area contributed by atoms with Gasteiger partial charge < -0.3 is 20.3 Å². The molecule has 0 aromatic heterocycles. The highest BCUT2D eigenvalue weighted by Crippen LogP contribution is 2.18. The molecule has 0 radical (unpaired) electrons. The van der Waals surface area contributed by atoms with Gasteiger partial charge in [0, 0.05) is 12.8 Å². The molecule has 0 saturated heterocycles. The van der Waals surface area contributed by atoms with Crippen LogP contribution in [0, 0.1) is 0 Å². The number of nitrogens with one attached hydrogen (secondary N) is 1. The fourth-order valence-electron chi connectivity index (χ4n) is 10.0. The van der Waals surface area contributed by atoms with Crippen LogP contribution in [0.3, 0.4) is 0 Å². The van der Waals surface area contributed by atoms with Crippen LogP contribution in [0.25, 0.3) is 0 Å². The molecule has 0 bridgehead atoms. The molecular weight excluding hydrogens is 875 g/mol. The van der Waals surface area contributed by atoms with Crippen LogP contribution in [-0.2, 0) is 14.3 Å². The molecule has 420 valence electrons. The molecule has 0 rings (SSSR count). The van der Waals surface area contributed by atoms with Crippen molar-refractivity contribution in [1.82, 2.24) is 5.32 Å². The standard InChI is InChI=1S/C65H125NO5/c1-3-5-7-9-11-13-15-16-17-18-19-20-21-22-25-28-31-34-38-41-45-49-53-57-63(68)62(61-67)66-64(69)58-54-50-46-42-39-35-32-29-26-23-24-27-30-33-36-40-44-48-52-56-60-71-65(70)59-55-51-47-43-37-14-12-10-8-6-4-2/h10,12,53,57,62-63,67-68H,3-9,11,13-52,54-56,58-61H2,1-2H3,(H,66,69)/b12-10-,57-53+. The van der Waals surface area contributed by atoms with E-state index in [0.717, 1.165) is 44.9 Å². The lowest BCUT2D eigenvalue weighted by Gasteiger charge is -2.20. The van der Waals surface area contributed by atoms with Crippen molar-refractivity contribution in [1.29, 1.82) is 0 Å². The van der Waals surface area contributed by atoms with Crippen molar-refractivity contribution >= 4 is 11.9 Å². The van der Waals surface area contributed by atoms with Crippen LogP contribution in [0.5, 0.6) is 0 Å². The smallest absolute Gasteiger partial charge is 0.305 e. The lowest BCUT2D eigenvalue weighted by atomic mass is 10.0. The lowest BCUT2D eigenvalue weighted by Crippen LogP contribution is -2.45. The van der Waals surface area contributed by atoms with Gasteiger partial charge in [0.15, 0.2) is 0 Å². The summed E-state index contributed by atoms with van der Waals surface area (Å²) < 4.78 is 5.46. The van der Waals surface area contributed by atoms with E-state index in [1.807, 2.05) is 6.08 Å². The third-order valence-electron chi connectivity index (χ3n) is 15.0. The molecule has 0 aromatic carbocycles. The molecular formula is C65H125NO5. The first-order valence-electron chi connectivity index (χ1n) is 32.1. The fourth-order valence-corrected chi connectivity index (χ4v) is 10.0. The minimum Gasteiger partial charge on any atom is -0.466 e. The molecule has 0 heterocycles. The minimum atomic E-state index is -0.847. The average Bonchev–Trinajstić information content (AvgIpc) is 3.37. The molecule has 0 fully saturated rings. The number of rotatable bonds is 60. The molecule has 2 atom stereocenters. The second kappa shape index (κ2) is 60.9. The molecule has 1 amide bonds. The third-order valence-corrected chi connectivity index (χ3v) is 15.0. The van der Waals surface area contributed by atoms with E-state index in [4.69, 9.17) is 4.74 Å². The number of aliphatic hydroxyl groups excluding tert-OH is 2. The van der Waals surface area contributed by atoms with Crippen molar-refractivity contribution in [3.05, 3.63) is 24.3 Å². The van der Waals surface area contributed by atoms with Crippen LogP contribution in [0.2, 0.25) is 0 Å². The van der Waals surface area contributed by atoms with E-state index in [0.29, 0.717) is 19.4 Å². The summed E-state index contributed by atoms with van der Waals surface area (Å²) >= 11 is 0. The summed E-state index contributed by atoms with van der Waals surface area (Å²) in [5.74, 6) is -0.0670. The van der Waals surface area contributed by atoms with Gasteiger partial charge in [-0.05, 0) is 51.4 Å². The predicted molar refractivity (Wildman–Crippen MR) is 310 cm³/mol. The second-order valence-corrected chi connectivity index (χ2v) is 22.1. The molecule has 0 saturated carbocycles. The van der Waals surface area contributed by atoms with Crippen molar-refractivity contribution in [2.24, 2.45) is 0 Å². The summed E-state index contributed by atoms with van der Waals surface area (Å²) in [6.07, 6.45) is 75.1. The van der Waals surface area contributed by atoms with Gasteiger partial charge in [-0.1, -0.05) is 314 Å². The maximum atomic E-state index is 12.5. The molecule has 3 N–H and O–H groups in total. The van der Waals surface area contributed by atoms with Gasteiger partial charge in [0.05, 0.1) is 25.4 Å². The number of amides is 1. The van der Waals surface area contributed by atoms with Crippen molar-refractivity contribution in [3.8, 4) is 0 Å². The monoisotopic (exact) mass is 1000 g/mol. The number of aliphatic hydroxyl groups is 2. The lowest BCUT2D eigenvalue weighted by molar-refractivity contribution is -0.143. The Morgan fingerprint density at radius 1 is 0.380 bits per heavy atom. The van der Waals surface area contributed by atoms with Crippen molar-refractivity contribution in [2.45, 2.75) is 366 Å². The Balaban J connectivity index is 3.43. The van der Waals surface area contributed by atoms with Crippen molar-refractivity contribution in [2.75, 3.05) is 13.2 Å². The Hall–Kier alpha value is -1.66. The first kappa shape index (κ1) is 69.3.